The molecule has 2 saturated carbocycles. The van der Waals surface area contributed by atoms with Gasteiger partial charge in [0.15, 0.2) is 0 Å². The SMILES string of the molecule is C[C@]12CC[C@H]3c4ccc(OC(=O)c5ccccc5)cc4CC[C@H]3[C@@H]1CCC2O. The molecule has 3 heteroatoms. The zero-order chi connectivity index (χ0) is 19.3. The molecule has 2 fully saturated rings. The van der Waals surface area contributed by atoms with E-state index in [1.54, 1.807) is 12.1 Å². The molecule has 3 aliphatic rings. The molecule has 1 unspecified atom stereocenters. The molecule has 0 amide bonds. The minimum absolute atomic E-state index is 0.115. The standard InChI is InChI=1S/C25H28O3/c1-25-14-13-20-19-10-8-18(28-24(27)16-5-3-2-4-6-16)15-17(19)7-9-21(20)22(25)11-12-23(25)26/h2-6,8,10,15,20-23,26H,7,9,11-14H2,1H3/t20-,21+,22-,23?,25-/m0/s1. The molecule has 146 valence electrons. The van der Waals surface area contributed by atoms with Gasteiger partial charge in [-0.1, -0.05) is 31.2 Å². The van der Waals surface area contributed by atoms with Gasteiger partial charge in [0.25, 0.3) is 0 Å². The lowest BCUT2D eigenvalue weighted by molar-refractivity contribution is -0.0226. The van der Waals surface area contributed by atoms with Gasteiger partial charge < -0.3 is 9.84 Å². The Bertz CT molecular complexity index is 890. The van der Waals surface area contributed by atoms with E-state index in [2.05, 4.69) is 19.1 Å². The molecule has 3 aliphatic carbocycles. The minimum Gasteiger partial charge on any atom is -0.423 e. The number of aliphatic hydroxyl groups excluding tert-OH is 1. The van der Waals surface area contributed by atoms with E-state index in [0.29, 0.717) is 29.1 Å². The summed E-state index contributed by atoms with van der Waals surface area (Å²) in [5.74, 6) is 2.25. The van der Waals surface area contributed by atoms with Crippen LogP contribution in [0.3, 0.4) is 0 Å². The Balaban J connectivity index is 1.37. The predicted molar refractivity (Wildman–Crippen MR) is 108 cm³/mol. The molecule has 0 bridgehead atoms. The van der Waals surface area contributed by atoms with Crippen LogP contribution < -0.4 is 4.74 Å². The number of fused-ring (bicyclic) bond motifs is 5. The van der Waals surface area contributed by atoms with Gasteiger partial charge in [-0.15, -0.1) is 0 Å². The summed E-state index contributed by atoms with van der Waals surface area (Å²) in [5.41, 5.74) is 3.47. The largest absolute Gasteiger partial charge is 0.423 e. The molecule has 0 radical (unpaired) electrons. The van der Waals surface area contributed by atoms with Crippen LogP contribution in [-0.4, -0.2) is 17.2 Å². The van der Waals surface area contributed by atoms with Gasteiger partial charge in [-0.05, 0) is 97.1 Å². The maximum Gasteiger partial charge on any atom is 0.343 e. The first-order valence-corrected chi connectivity index (χ1v) is 10.6. The van der Waals surface area contributed by atoms with Crippen LogP contribution in [-0.2, 0) is 6.42 Å². The zero-order valence-electron chi connectivity index (χ0n) is 16.4. The molecule has 3 nitrogen and oxygen atoms in total. The number of ether oxygens (including phenoxy) is 1. The summed E-state index contributed by atoms with van der Waals surface area (Å²) in [6, 6.07) is 15.4. The average molecular weight is 376 g/mol. The Morgan fingerprint density at radius 3 is 2.71 bits per heavy atom. The van der Waals surface area contributed by atoms with Crippen LogP contribution in [0.4, 0.5) is 0 Å². The fourth-order valence-corrected chi connectivity index (χ4v) is 6.33. The van der Waals surface area contributed by atoms with Gasteiger partial charge in [-0.3, -0.25) is 0 Å². The van der Waals surface area contributed by atoms with Crippen LogP contribution in [0.2, 0.25) is 0 Å². The van der Waals surface area contributed by atoms with Crippen molar-refractivity contribution in [2.24, 2.45) is 17.3 Å². The van der Waals surface area contributed by atoms with E-state index in [1.165, 1.54) is 24.0 Å². The average Bonchev–Trinajstić information content (AvgIpc) is 3.03. The topological polar surface area (TPSA) is 46.5 Å². The van der Waals surface area contributed by atoms with Crippen molar-refractivity contribution in [3.8, 4) is 5.75 Å². The van der Waals surface area contributed by atoms with Gasteiger partial charge in [0.05, 0.1) is 11.7 Å². The molecule has 28 heavy (non-hydrogen) atoms. The van der Waals surface area contributed by atoms with E-state index in [4.69, 9.17) is 4.74 Å². The molecule has 0 spiro atoms. The Kier molecular flexibility index (Phi) is 4.31. The van der Waals surface area contributed by atoms with Crippen molar-refractivity contribution in [3.05, 3.63) is 65.2 Å². The van der Waals surface area contributed by atoms with E-state index < -0.39 is 0 Å². The Labute approximate surface area is 166 Å². The van der Waals surface area contributed by atoms with E-state index in [9.17, 15) is 9.90 Å². The number of benzene rings is 2. The number of hydrogen-bond acceptors (Lipinski definition) is 3. The quantitative estimate of drug-likeness (QED) is 0.584. The van der Waals surface area contributed by atoms with Gasteiger partial charge >= 0.3 is 5.97 Å². The molecule has 5 atom stereocenters. The van der Waals surface area contributed by atoms with Gasteiger partial charge in [0, 0.05) is 0 Å². The Hall–Kier alpha value is -2.13. The van der Waals surface area contributed by atoms with Crippen LogP contribution in [0.15, 0.2) is 48.5 Å². The van der Waals surface area contributed by atoms with E-state index in [1.807, 2.05) is 24.3 Å². The lowest BCUT2D eigenvalue weighted by Gasteiger charge is -2.50. The molecular formula is C25H28O3. The molecule has 0 heterocycles. The second kappa shape index (κ2) is 6.73. The smallest absolute Gasteiger partial charge is 0.343 e. The van der Waals surface area contributed by atoms with E-state index >= 15 is 0 Å². The minimum atomic E-state index is -0.303. The highest BCUT2D eigenvalue weighted by Crippen LogP contribution is 2.60. The summed E-state index contributed by atoms with van der Waals surface area (Å²) >= 11 is 0. The summed E-state index contributed by atoms with van der Waals surface area (Å²) in [6.07, 6.45) is 6.50. The monoisotopic (exact) mass is 376 g/mol. The normalized spacial score (nSPS) is 33.5. The highest BCUT2D eigenvalue weighted by Gasteiger charge is 2.54. The third kappa shape index (κ3) is 2.79. The number of aliphatic hydroxyl groups is 1. The lowest BCUT2D eigenvalue weighted by atomic mass is 9.55. The molecule has 1 N–H and O–H groups in total. The summed E-state index contributed by atoms with van der Waals surface area (Å²) in [7, 11) is 0. The number of carbonyl (C=O) groups excluding carboxylic acids is 1. The van der Waals surface area contributed by atoms with Crippen molar-refractivity contribution in [1.29, 1.82) is 0 Å². The molecule has 2 aromatic carbocycles. The van der Waals surface area contributed by atoms with Crippen LogP contribution in [0.25, 0.3) is 0 Å². The van der Waals surface area contributed by atoms with Crippen molar-refractivity contribution in [2.45, 2.75) is 57.5 Å². The number of hydrogen-bond donors (Lipinski definition) is 1. The summed E-state index contributed by atoms with van der Waals surface area (Å²) in [6.45, 7) is 2.31. The summed E-state index contributed by atoms with van der Waals surface area (Å²) < 4.78 is 5.63. The highest BCUT2D eigenvalue weighted by molar-refractivity contribution is 5.91. The third-order valence-electron chi connectivity index (χ3n) is 7.87. The van der Waals surface area contributed by atoms with Gasteiger partial charge in [-0.25, -0.2) is 4.79 Å². The number of rotatable bonds is 2. The second-order valence-corrected chi connectivity index (χ2v) is 9.17. The molecular weight excluding hydrogens is 348 g/mol. The molecule has 5 rings (SSSR count). The Morgan fingerprint density at radius 2 is 1.89 bits per heavy atom. The van der Waals surface area contributed by atoms with E-state index in [0.717, 1.165) is 25.7 Å². The number of carbonyl (C=O) groups is 1. The molecule has 0 aliphatic heterocycles. The van der Waals surface area contributed by atoms with Crippen LogP contribution >= 0.6 is 0 Å². The lowest BCUT2D eigenvalue weighted by Crippen LogP contribution is -2.43. The first kappa shape index (κ1) is 17.9. The first-order valence-electron chi connectivity index (χ1n) is 10.6. The number of esters is 1. The molecule has 0 saturated heterocycles. The van der Waals surface area contributed by atoms with Crippen molar-refractivity contribution < 1.29 is 14.6 Å². The molecule has 2 aromatic rings. The van der Waals surface area contributed by atoms with Crippen LogP contribution in [0.5, 0.6) is 5.75 Å². The van der Waals surface area contributed by atoms with Crippen molar-refractivity contribution >= 4 is 5.97 Å². The van der Waals surface area contributed by atoms with Gasteiger partial charge in [-0.2, -0.15) is 0 Å². The van der Waals surface area contributed by atoms with Crippen LogP contribution in [0, 0.1) is 17.3 Å². The van der Waals surface area contributed by atoms with Gasteiger partial charge in [0.1, 0.15) is 5.75 Å². The fraction of sp³-hybridized carbons (Fsp3) is 0.480. The van der Waals surface area contributed by atoms with Gasteiger partial charge in [0.2, 0.25) is 0 Å². The maximum absolute atomic E-state index is 12.4. The van der Waals surface area contributed by atoms with Crippen molar-refractivity contribution in [1.82, 2.24) is 0 Å². The second-order valence-electron chi connectivity index (χ2n) is 9.17. The van der Waals surface area contributed by atoms with Crippen molar-refractivity contribution in [2.75, 3.05) is 0 Å². The highest BCUT2D eigenvalue weighted by atomic mass is 16.5. The van der Waals surface area contributed by atoms with Crippen molar-refractivity contribution in [3.63, 3.8) is 0 Å². The van der Waals surface area contributed by atoms with E-state index in [-0.39, 0.29) is 17.5 Å². The Morgan fingerprint density at radius 1 is 1.07 bits per heavy atom. The zero-order valence-corrected chi connectivity index (χ0v) is 16.4. The summed E-state index contributed by atoms with van der Waals surface area (Å²) in [5, 5.41) is 10.5. The van der Waals surface area contributed by atoms with Crippen LogP contribution in [0.1, 0.15) is 66.4 Å². The summed E-state index contributed by atoms with van der Waals surface area (Å²) in [4.78, 5) is 12.4. The third-order valence-corrected chi connectivity index (χ3v) is 7.87. The number of aryl methyl sites for hydroxylation is 1. The molecule has 0 aromatic heterocycles. The maximum atomic E-state index is 12.4. The first-order chi connectivity index (χ1) is 13.6. The predicted octanol–water partition coefficient (Wildman–Crippen LogP) is 5.12. The fourth-order valence-electron chi connectivity index (χ4n) is 6.33.